The van der Waals surface area contributed by atoms with E-state index in [2.05, 4.69) is 15.6 Å². The van der Waals surface area contributed by atoms with Crippen LogP contribution in [0.4, 0.5) is 21.6 Å². The summed E-state index contributed by atoms with van der Waals surface area (Å²) in [4.78, 5) is 16.6. The number of hydrogen-bond acceptors (Lipinski definition) is 3. The van der Waals surface area contributed by atoms with Gasteiger partial charge in [0.2, 0.25) is 0 Å². The SMILES string of the molecule is Cc1c(Cl)cccc1NC(=O)c1ccnc(Nc2ccc(F)cc2)c1. The number of hydrogen-bond donors (Lipinski definition) is 2. The van der Waals surface area contributed by atoms with Crippen LogP contribution in [0.1, 0.15) is 15.9 Å². The number of pyridine rings is 1. The van der Waals surface area contributed by atoms with E-state index in [1.54, 1.807) is 42.5 Å². The lowest BCUT2D eigenvalue weighted by atomic mass is 10.2. The molecule has 0 atom stereocenters. The normalized spacial score (nSPS) is 10.4. The van der Waals surface area contributed by atoms with Crippen molar-refractivity contribution in [2.24, 2.45) is 0 Å². The Balaban J connectivity index is 1.77. The summed E-state index contributed by atoms with van der Waals surface area (Å²) in [5.41, 5.74) is 2.58. The zero-order valence-electron chi connectivity index (χ0n) is 13.4. The molecule has 0 aliphatic carbocycles. The van der Waals surface area contributed by atoms with Gasteiger partial charge < -0.3 is 10.6 Å². The molecule has 3 rings (SSSR count). The number of anilines is 3. The number of carbonyl (C=O) groups is 1. The molecule has 1 aromatic heterocycles. The zero-order valence-corrected chi connectivity index (χ0v) is 14.1. The van der Waals surface area contributed by atoms with Crippen molar-refractivity contribution in [2.75, 3.05) is 10.6 Å². The highest BCUT2D eigenvalue weighted by Crippen LogP contribution is 2.24. The summed E-state index contributed by atoms with van der Waals surface area (Å²) in [6, 6.07) is 14.5. The fourth-order valence-electron chi connectivity index (χ4n) is 2.26. The second-order valence-corrected chi connectivity index (χ2v) is 5.84. The number of halogens is 2. The maximum Gasteiger partial charge on any atom is 0.255 e. The first kappa shape index (κ1) is 16.9. The zero-order chi connectivity index (χ0) is 17.8. The van der Waals surface area contributed by atoms with Crippen molar-refractivity contribution in [3.05, 3.63) is 82.8 Å². The van der Waals surface area contributed by atoms with Crippen LogP contribution in [0.25, 0.3) is 0 Å². The average molecular weight is 356 g/mol. The van der Waals surface area contributed by atoms with Crippen molar-refractivity contribution in [2.45, 2.75) is 6.92 Å². The number of aromatic nitrogens is 1. The summed E-state index contributed by atoms with van der Waals surface area (Å²) in [5.74, 6) is -0.0967. The molecular formula is C19H15ClFN3O. The van der Waals surface area contributed by atoms with Gasteiger partial charge in [0.15, 0.2) is 0 Å². The molecule has 3 aromatic rings. The van der Waals surface area contributed by atoms with E-state index in [9.17, 15) is 9.18 Å². The summed E-state index contributed by atoms with van der Waals surface area (Å²) in [7, 11) is 0. The molecule has 1 amide bonds. The standard InChI is InChI=1S/C19H15ClFN3O/c1-12-16(20)3-2-4-17(12)24-19(25)13-9-10-22-18(11-13)23-15-7-5-14(21)6-8-15/h2-11H,1H3,(H,22,23)(H,24,25). The van der Waals surface area contributed by atoms with E-state index in [-0.39, 0.29) is 11.7 Å². The van der Waals surface area contributed by atoms with E-state index >= 15 is 0 Å². The van der Waals surface area contributed by atoms with Gasteiger partial charge >= 0.3 is 0 Å². The molecule has 6 heteroatoms. The predicted molar refractivity (Wildman–Crippen MR) is 98.1 cm³/mol. The van der Waals surface area contributed by atoms with Gasteiger partial charge in [-0.1, -0.05) is 17.7 Å². The molecule has 0 bridgehead atoms. The lowest BCUT2D eigenvalue weighted by molar-refractivity contribution is 0.102. The number of rotatable bonds is 4. The van der Waals surface area contributed by atoms with Crippen LogP contribution in [0.15, 0.2) is 60.8 Å². The van der Waals surface area contributed by atoms with Gasteiger partial charge in [-0.3, -0.25) is 4.79 Å². The highest BCUT2D eigenvalue weighted by Gasteiger charge is 2.10. The molecule has 0 radical (unpaired) electrons. The number of nitrogens with one attached hydrogen (secondary N) is 2. The third-order valence-corrected chi connectivity index (χ3v) is 4.06. The van der Waals surface area contributed by atoms with Crippen LogP contribution in [0, 0.1) is 12.7 Å². The van der Waals surface area contributed by atoms with Gasteiger partial charge in [-0.2, -0.15) is 0 Å². The van der Waals surface area contributed by atoms with Gasteiger partial charge in [0.05, 0.1) is 0 Å². The topological polar surface area (TPSA) is 54.0 Å². The van der Waals surface area contributed by atoms with Crippen LogP contribution in [-0.4, -0.2) is 10.9 Å². The maximum atomic E-state index is 13.0. The number of benzene rings is 2. The van der Waals surface area contributed by atoms with E-state index in [4.69, 9.17) is 11.6 Å². The Labute approximate surface area is 149 Å². The van der Waals surface area contributed by atoms with E-state index in [1.807, 2.05) is 6.92 Å². The monoisotopic (exact) mass is 355 g/mol. The largest absolute Gasteiger partial charge is 0.340 e. The van der Waals surface area contributed by atoms with Crippen LogP contribution in [0.3, 0.4) is 0 Å². The van der Waals surface area contributed by atoms with Crippen molar-refractivity contribution in [1.29, 1.82) is 0 Å². The second kappa shape index (κ2) is 7.32. The molecule has 2 N–H and O–H groups in total. The highest BCUT2D eigenvalue weighted by atomic mass is 35.5. The first-order valence-corrected chi connectivity index (χ1v) is 7.96. The molecule has 0 fully saturated rings. The van der Waals surface area contributed by atoms with E-state index in [0.717, 1.165) is 5.56 Å². The minimum absolute atomic E-state index is 0.269. The number of carbonyl (C=O) groups excluding carboxylic acids is 1. The minimum atomic E-state index is -0.316. The smallest absolute Gasteiger partial charge is 0.255 e. The van der Waals surface area contributed by atoms with E-state index in [1.165, 1.54) is 18.3 Å². The Kier molecular flexibility index (Phi) is 4.95. The lowest BCUT2D eigenvalue weighted by Gasteiger charge is -2.11. The molecule has 0 saturated carbocycles. The molecule has 126 valence electrons. The number of amides is 1. The van der Waals surface area contributed by atoms with Crippen molar-refractivity contribution in [3.8, 4) is 0 Å². The van der Waals surface area contributed by atoms with Crippen LogP contribution >= 0.6 is 11.6 Å². The summed E-state index contributed by atoms with van der Waals surface area (Å²) in [6.07, 6.45) is 1.53. The third-order valence-electron chi connectivity index (χ3n) is 3.65. The summed E-state index contributed by atoms with van der Waals surface area (Å²) < 4.78 is 13.0. The quantitative estimate of drug-likeness (QED) is 0.678. The first-order chi connectivity index (χ1) is 12.0. The average Bonchev–Trinajstić information content (AvgIpc) is 2.61. The molecule has 0 aliphatic rings. The predicted octanol–water partition coefficient (Wildman–Crippen LogP) is 5.18. The molecule has 0 spiro atoms. The van der Waals surface area contributed by atoms with Crippen molar-refractivity contribution < 1.29 is 9.18 Å². The number of nitrogens with zero attached hydrogens (tertiary/aromatic N) is 1. The van der Waals surface area contributed by atoms with Crippen molar-refractivity contribution >= 4 is 34.7 Å². The fourth-order valence-corrected chi connectivity index (χ4v) is 2.43. The van der Waals surface area contributed by atoms with E-state index in [0.29, 0.717) is 27.8 Å². The molecule has 0 aliphatic heterocycles. The molecule has 25 heavy (non-hydrogen) atoms. The van der Waals surface area contributed by atoms with Gasteiger partial charge in [0.25, 0.3) is 5.91 Å². The summed E-state index contributed by atoms with van der Waals surface area (Å²) in [6.45, 7) is 1.84. The van der Waals surface area contributed by atoms with E-state index < -0.39 is 0 Å². The third kappa shape index (κ3) is 4.14. The fraction of sp³-hybridized carbons (Fsp3) is 0.0526. The van der Waals surface area contributed by atoms with Gasteiger partial charge in [-0.25, -0.2) is 9.37 Å². The van der Waals surface area contributed by atoms with Crippen molar-refractivity contribution in [1.82, 2.24) is 4.98 Å². The second-order valence-electron chi connectivity index (χ2n) is 5.43. The molecule has 1 heterocycles. The summed E-state index contributed by atoms with van der Waals surface area (Å²) >= 11 is 6.07. The first-order valence-electron chi connectivity index (χ1n) is 7.58. The summed E-state index contributed by atoms with van der Waals surface area (Å²) in [5, 5.41) is 6.46. The van der Waals surface area contributed by atoms with Crippen LogP contribution in [-0.2, 0) is 0 Å². The Bertz CT molecular complexity index is 913. The molecule has 4 nitrogen and oxygen atoms in total. The maximum absolute atomic E-state index is 13.0. The van der Waals surface area contributed by atoms with Gasteiger partial charge in [0.1, 0.15) is 11.6 Å². The minimum Gasteiger partial charge on any atom is -0.340 e. The van der Waals surface area contributed by atoms with Crippen LogP contribution in [0.2, 0.25) is 5.02 Å². The Morgan fingerprint density at radius 1 is 1.12 bits per heavy atom. The molecule has 0 saturated heterocycles. The van der Waals surface area contributed by atoms with Crippen LogP contribution in [0.5, 0.6) is 0 Å². The van der Waals surface area contributed by atoms with Crippen LogP contribution < -0.4 is 10.6 Å². The molecular weight excluding hydrogens is 341 g/mol. The lowest BCUT2D eigenvalue weighted by Crippen LogP contribution is -2.13. The van der Waals surface area contributed by atoms with Gasteiger partial charge in [-0.15, -0.1) is 0 Å². The highest BCUT2D eigenvalue weighted by molar-refractivity contribution is 6.31. The van der Waals surface area contributed by atoms with Gasteiger partial charge in [-0.05, 0) is 61.0 Å². The van der Waals surface area contributed by atoms with Gasteiger partial charge in [0, 0.05) is 28.2 Å². The Hall–Kier alpha value is -2.92. The van der Waals surface area contributed by atoms with Crippen molar-refractivity contribution in [3.63, 3.8) is 0 Å². The Morgan fingerprint density at radius 2 is 1.88 bits per heavy atom. The molecule has 0 unspecified atom stereocenters. The Morgan fingerprint density at radius 3 is 2.64 bits per heavy atom. The molecule has 2 aromatic carbocycles.